The van der Waals surface area contributed by atoms with Crippen molar-refractivity contribution in [3.63, 3.8) is 0 Å². The number of carbonyl (C=O) groups is 1. The van der Waals surface area contributed by atoms with Crippen LogP contribution in [-0.2, 0) is 0 Å². The van der Waals surface area contributed by atoms with E-state index in [-0.39, 0.29) is 11.1 Å². The summed E-state index contributed by atoms with van der Waals surface area (Å²) in [6.07, 6.45) is 0. The van der Waals surface area contributed by atoms with E-state index >= 15 is 0 Å². The first kappa shape index (κ1) is 19.4. The predicted octanol–water partition coefficient (Wildman–Crippen LogP) is 5.15. The summed E-state index contributed by atoms with van der Waals surface area (Å²) < 4.78 is 14.2. The van der Waals surface area contributed by atoms with Crippen LogP contribution in [0.15, 0.2) is 72.8 Å². The molecular formula is C25H16FN5O. The molecule has 32 heavy (non-hydrogen) atoms. The van der Waals surface area contributed by atoms with Gasteiger partial charge in [-0.15, -0.1) is 15.0 Å². The Bertz CT molecular complexity index is 1560. The predicted molar refractivity (Wildman–Crippen MR) is 120 cm³/mol. The maximum absolute atomic E-state index is 14.2. The molecule has 5 aromatic rings. The SMILES string of the molecule is Cc1cc2nn(-c3cccc4ccccc34)nc2cc1NC(=O)c1ccc(C#N)cc1F. The summed E-state index contributed by atoms with van der Waals surface area (Å²) in [7, 11) is 0. The van der Waals surface area contributed by atoms with E-state index in [1.807, 2.05) is 61.5 Å². The van der Waals surface area contributed by atoms with Crippen molar-refractivity contribution in [2.24, 2.45) is 0 Å². The summed E-state index contributed by atoms with van der Waals surface area (Å²) in [6.45, 7) is 1.83. The second kappa shape index (κ2) is 7.60. The van der Waals surface area contributed by atoms with E-state index < -0.39 is 11.7 Å². The van der Waals surface area contributed by atoms with Crippen molar-refractivity contribution < 1.29 is 9.18 Å². The molecule has 0 spiro atoms. The summed E-state index contributed by atoms with van der Waals surface area (Å²) in [5.74, 6) is -1.35. The van der Waals surface area contributed by atoms with Gasteiger partial charge in [0.2, 0.25) is 0 Å². The topological polar surface area (TPSA) is 83.6 Å². The molecule has 1 aromatic heterocycles. The average molecular weight is 421 g/mol. The van der Waals surface area contributed by atoms with Crippen LogP contribution < -0.4 is 5.32 Å². The third-order valence-electron chi connectivity index (χ3n) is 5.30. The van der Waals surface area contributed by atoms with Crippen LogP contribution in [0, 0.1) is 24.1 Å². The van der Waals surface area contributed by atoms with Crippen LogP contribution >= 0.6 is 0 Å². The highest BCUT2D eigenvalue weighted by molar-refractivity contribution is 6.05. The van der Waals surface area contributed by atoms with E-state index in [0.717, 1.165) is 28.1 Å². The van der Waals surface area contributed by atoms with E-state index in [0.29, 0.717) is 16.7 Å². The van der Waals surface area contributed by atoms with E-state index in [4.69, 9.17) is 5.26 Å². The minimum atomic E-state index is -0.748. The molecule has 0 unspecified atom stereocenters. The lowest BCUT2D eigenvalue weighted by molar-refractivity contribution is 0.102. The number of anilines is 1. The first-order valence-corrected chi connectivity index (χ1v) is 9.90. The molecule has 0 aliphatic carbocycles. The van der Waals surface area contributed by atoms with Crippen LogP contribution in [0.3, 0.4) is 0 Å². The van der Waals surface area contributed by atoms with Crippen LogP contribution in [-0.4, -0.2) is 20.9 Å². The Morgan fingerprint density at radius 1 is 1.00 bits per heavy atom. The third kappa shape index (κ3) is 3.34. The molecule has 0 bridgehead atoms. The van der Waals surface area contributed by atoms with Crippen molar-refractivity contribution in [3.8, 4) is 11.8 Å². The number of fused-ring (bicyclic) bond motifs is 2. The largest absolute Gasteiger partial charge is 0.322 e. The van der Waals surface area contributed by atoms with Crippen molar-refractivity contribution in [2.45, 2.75) is 6.92 Å². The van der Waals surface area contributed by atoms with E-state index in [1.54, 1.807) is 10.9 Å². The highest BCUT2D eigenvalue weighted by Crippen LogP contribution is 2.26. The highest BCUT2D eigenvalue weighted by Gasteiger charge is 2.16. The third-order valence-corrected chi connectivity index (χ3v) is 5.30. The number of aryl methyl sites for hydroxylation is 1. The Hall–Kier alpha value is -4.57. The van der Waals surface area contributed by atoms with Crippen LogP contribution in [0.4, 0.5) is 10.1 Å². The van der Waals surface area contributed by atoms with Gasteiger partial charge in [-0.05, 0) is 54.3 Å². The van der Waals surface area contributed by atoms with Gasteiger partial charge in [0.15, 0.2) is 0 Å². The number of amides is 1. The lowest BCUT2D eigenvalue weighted by Crippen LogP contribution is -2.14. The summed E-state index contributed by atoms with van der Waals surface area (Å²) in [5.41, 5.74) is 3.42. The average Bonchev–Trinajstić information content (AvgIpc) is 3.21. The standard InChI is InChI=1S/C25H16FN5O/c1-15-11-22-23(13-21(15)28-25(32)19-10-9-16(14-27)12-20(19)26)30-31(29-22)24-8-4-6-17-5-2-3-7-18(17)24/h2-13H,1H3,(H,28,32). The van der Waals surface area contributed by atoms with Crippen molar-refractivity contribution in [2.75, 3.05) is 5.32 Å². The van der Waals surface area contributed by atoms with Gasteiger partial charge in [0, 0.05) is 11.1 Å². The number of aromatic nitrogens is 3. The Balaban J connectivity index is 1.52. The second-order valence-electron chi connectivity index (χ2n) is 7.40. The fraction of sp³-hybridized carbons (Fsp3) is 0.0400. The first-order chi connectivity index (χ1) is 15.5. The fourth-order valence-corrected chi connectivity index (χ4v) is 3.65. The molecule has 154 valence electrons. The number of carbonyl (C=O) groups excluding carboxylic acids is 1. The molecule has 0 saturated carbocycles. The Kier molecular flexibility index (Phi) is 4.61. The van der Waals surface area contributed by atoms with Crippen molar-refractivity contribution in [3.05, 3.63) is 95.3 Å². The smallest absolute Gasteiger partial charge is 0.258 e. The minimum absolute atomic E-state index is 0.136. The Morgan fingerprint density at radius 2 is 1.75 bits per heavy atom. The van der Waals surface area contributed by atoms with Gasteiger partial charge in [-0.1, -0.05) is 36.4 Å². The fourth-order valence-electron chi connectivity index (χ4n) is 3.65. The van der Waals surface area contributed by atoms with Crippen LogP contribution in [0.5, 0.6) is 0 Å². The van der Waals surface area contributed by atoms with Crippen molar-refractivity contribution in [1.29, 1.82) is 5.26 Å². The zero-order valence-corrected chi connectivity index (χ0v) is 17.0. The van der Waals surface area contributed by atoms with Crippen LogP contribution in [0.2, 0.25) is 0 Å². The van der Waals surface area contributed by atoms with Gasteiger partial charge in [-0.2, -0.15) is 5.26 Å². The number of halogens is 1. The molecule has 1 heterocycles. The normalized spacial score (nSPS) is 10.9. The molecular weight excluding hydrogens is 405 g/mol. The van der Waals surface area contributed by atoms with Crippen molar-refractivity contribution >= 4 is 33.4 Å². The number of benzene rings is 4. The lowest BCUT2D eigenvalue weighted by atomic mass is 10.1. The molecule has 4 aromatic carbocycles. The number of nitrogens with one attached hydrogen (secondary N) is 1. The number of nitrogens with zero attached hydrogens (tertiary/aromatic N) is 4. The number of hydrogen-bond acceptors (Lipinski definition) is 4. The monoisotopic (exact) mass is 421 g/mol. The summed E-state index contributed by atoms with van der Waals surface area (Å²) in [6, 6.07) is 23.1. The van der Waals surface area contributed by atoms with E-state index in [2.05, 4.69) is 15.5 Å². The molecule has 6 nitrogen and oxygen atoms in total. The van der Waals surface area contributed by atoms with Gasteiger partial charge in [-0.3, -0.25) is 4.79 Å². The van der Waals surface area contributed by atoms with Gasteiger partial charge in [0.05, 0.1) is 22.9 Å². The van der Waals surface area contributed by atoms with Gasteiger partial charge < -0.3 is 5.32 Å². The Morgan fingerprint density at radius 3 is 2.53 bits per heavy atom. The van der Waals surface area contributed by atoms with Crippen molar-refractivity contribution in [1.82, 2.24) is 15.0 Å². The maximum atomic E-state index is 14.2. The second-order valence-corrected chi connectivity index (χ2v) is 7.40. The molecule has 1 N–H and O–H groups in total. The first-order valence-electron chi connectivity index (χ1n) is 9.90. The van der Waals surface area contributed by atoms with Gasteiger partial charge in [-0.25, -0.2) is 4.39 Å². The number of hydrogen-bond donors (Lipinski definition) is 1. The summed E-state index contributed by atoms with van der Waals surface area (Å²) >= 11 is 0. The highest BCUT2D eigenvalue weighted by atomic mass is 19.1. The molecule has 0 radical (unpaired) electrons. The molecule has 5 rings (SSSR count). The molecule has 7 heteroatoms. The zero-order valence-electron chi connectivity index (χ0n) is 17.0. The van der Waals surface area contributed by atoms with Crippen LogP contribution in [0.1, 0.15) is 21.5 Å². The molecule has 0 atom stereocenters. The molecule has 0 aliphatic rings. The number of nitriles is 1. The van der Waals surface area contributed by atoms with E-state index in [1.165, 1.54) is 12.1 Å². The van der Waals surface area contributed by atoms with Gasteiger partial charge in [0.25, 0.3) is 5.91 Å². The molecule has 0 saturated heterocycles. The summed E-state index contributed by atoms with van der Waals surface area (Å²) in [4.78, 5) is 14.2. The molecule has 0 fully saturated rings. The zero-order chi connectivity index (χ0) is 22.2. The van der Waals surface area contributed by atoms with Gasteiger partial charge >= 0.3 is 0 Å². The summed E-state index contributed by atoms with van der Waals surface area (Å²) in [5, 5.41) is 22.9. The van der Waals surface area contributed by atoms with E-state index in [9.17, 15) is 9.18 Å². The lowest BCUT2D eigenvalue weighted by Gasteiger charge is -2.09. The van der Waals surface area contributed by atoms with Crippen LogP contribution in [0.25, 0.3) is 27.5 Å². The molecule has 1 amide bonds. The molecule has 0 aliphatic heterocycles. The number of rotatable bonds is 3. The quantitative estimate of drug-likeness (QED) is 0.437. The van der Waals surface area contributed by atoms with Gasteiger partial charge in [0.1, 0.15) is 16.9 Å². The maximum Gasteiger partial charge on any atom is 0.258 e. The Labute approximate surface area is 182 Å². The minimum Gasteiger partial charge on any atom is -0.322 e.